The molecule has 1 unspecified atom stereocenters. The van der Waals surface area contributed by atoms with Crippen molar-refractivity contribution >= 4 is 23.5 Å². The third-order valence-corrected chi connectivity index (χ3v) is 3.27. The van der Waals surface area contributed by atoms with Crippen LogP contribution in [-0.4, -0.2) is 32.1 Å². The minimum absolute atomic E-state index is 0.0670. The second-order valence-corrected chi connectivity index (χ2v) is 5.38. The number of esters is 1. The van der Waals surface area contributed by atoms with Gasteiger partial charge in [-0.25, -0.2) is 4.79 Å². The lowest BCUT2D eigenvalue weighted by atomic mass is 10.0. The van der Waals surface area contributed by atoms with Gasteiger partial charge in [-0.1, -0.05) is 25.4 Å². The number of nitrogens with one attached hydrogen (secondary N) is 1. The molecule has 1 aromatic carbocycles. The van der Waals surface area contributed by atoms with Crippen molar-refractivity contribution in [2.45, 2.75) is 26.3 Å². The molecule has 0 aliphatic carbocycles. The summed E-state index contributed by atoms with van der Waals surface area (Å²) in [4.78, 5) is 23.7. The molecule has 0 fully saturated rings. The Morgan fingerprint density at radius 1 is 1.29 bits per heavy atom. The number of hydrogen-bond acceptors (Lipinski definition) is 4. The fourth-order valence-electron chi connectivity index (χ4n) is 1.91. The number of hydrogen-bond donors (Lipinski definition) is 1. The van der Waals surface area contributed by atoms with Gasteiger partial charge in [0.15, 0.2) is 0 Å². The maximum atomic E-state index is 12.1. The first kappa shape index (κ1) is 17.3. The summed E-state index contributed by atoms with van der Waals surface area (Å²) in [5.74, 6) is -0.243. The van der Waals surface area contributed by atoms with Crippen molar-refractivity contribution in [3.05, 3.63) is 28.8 Å². The van der Waals surface area contributed by atoms with Gasteiger partial charge in [0.25, 0.3) is 0 Å². The van der Waals surface area contributed by atoms with Crippen molar-refractivity contribution in [3.63, 3.8) is 0 Å². The van der Waals surface area contributed by atoms with E-state index in [1.807, 2.05) is 13.8 Å². The molecule has 6 heteroatoms. The van der Waals surface area contributed by atoms with Crippen LogP contribution in [0.2, 0.25) is 5.02 Å². The van der Waals surface area contributed by atoms with Crippen LogP contribution >= 0.6 is 11.6 Å². The molecule has 1 atom stereocenters. The lowest BCUT2D eigenvalue weighted by Crippen LogP contribution is -2.45. The lowest BCUT2D eigenvalue weighted by molar-refractivity contribution is -0.146. The van der Waals surface area contributed by atoms with E-state index in [1.54, 1.807) is 18.2 Å². The highest BCUT2D eigenvalue weighted by Gasteiger charge is 2.25. The van der Waals surface area contributed by atoms with Crippen LogP contribution < -0.4 is 10.1 Å². The minimum atomic E-state index is -0.673. The minimum Gasteiger partial charge on any atom is -0.496 e. The van der Waals surface area contributed by atoms with Crippen molar-refractivity contribution in [2.75, 3.05) is 14.2 Å². The number of ether oxygens (including phenoxy) is 2. The van der Waals surface area contributed by atoms with E-state index in [0.29, 0.717) is 16.3 Å². The van der Waals surface area contributed by atoms with Crippen LogP contribution in [0.3, 0.4) is 0 Å². The van der Waals surface area contributed by atoms with Crippen LogP contribution in [0.4, 0.5) is 0 Å². The third kappa shape index (κ3) is 4.93. The Hall–Kier alpha value is -1.75. The summed E-state index contributed by atoms with van der Waals surface area (Å²) in [6.45, 7) is 3.67. The highest BCUT2D eigenvalue weighted by Crippen LogP contribution is 2.23. The van der Waals surface area contributed by atoms with E-state index in [-0.39, 0.29) is 18.2 Å². The van der Waals surface area contributed by atoms with Gasteiger partial charge in [0.05, 0.1) is 20.6 Å². The number of methoxy groups -OCH3 is 2. The number of rotatable bonds is 6. The zero-order valence-corrected chi connectivity index (χ0v) is 13.4. The molecule has 5 nitrogen and oxygen atoms in total. The van der Waals surface area contributed by atoms with Crippen LogP contribution in [0.1, 0.15) is 19.4 Å². The van der Waals surface area contributed by atoms with Gasteiger partial charge in [-0.15, -0.1) is 0 Å². The SMILES string of the molecule is COC(=O)C(NC(=O)Cc1cc(Cl)ccc1OC)C(C)C. The van der Waals surface area contributed by atoms with Gasteiger partial charge in [-0.05, 0) is 24.1 Å². The number of amides is 1. The molecule has 0 aliphatic heterocycles. The van der Waals surface area contributed by atoms with Crippen LogP contribution in [0.15, 0.2) is 18.2 Å². The van der Waals surface area contributed by atoms with Crippen LogP contribution in [0.5, 0.6) is 5.75 Å². The normalized spacial score (nSPS) is 11.9. The highest BCUT2D eigenvalue weighted by molar-refractivity contribution is 6.30. The molecule has 116 valence electrons. The van der Waals surface area contributed by atoms with Gasteiger partial charge in [0.1, 0.15) is 11.8 Å². The Bertz CT molecular complexity index is 516. The molecule has 0 saturated heterocycles. The van der Waals surface area contributed by atoms with Crippen LogP contribution in [-0.2, 0) is 20.7 Å². The van der Waals surface area contributed by atoms with Crippen LogP contribution in [0.25, 0.3) is 0 Å². The maximum Gasteiger partial charge on any atom is 0.328 e. The second kappa shape index (κ2) is 7.88. The van der Waals surface area contributed by atoms with E-state index in [0.717, 1.165) is 0 Å². The third-order valence-electron chi connectivity index (χ3n) is 3.03. The summed E-state index contributed by atoms with van der Waals surface area (Å²) >= 11 is 5.92. The summed E-state index contributed by atoms with van der Waals surface area (Å²) in [6, 6.07) is 4.38. The van der Waals surface area contributed by atoms with Gasteiger partial charge in [-0.2, -0.15) is 0 Å². The van der Waals surface area contributed by atoms with Crippen molar-refractivity contribution in [1.82, 2.24) is 5.32 Å². The van der Waals surface area contributed by atoms with E-state index in [1.165, 1.54) is 14.2 Å². The van der Waals surface area contributed by atoms with E-state index in [9.17, 15) is 9.59 Å². The van der Waals surface area contributed by atoms with Crippen molar-refractivity contribution in [3.8, 4) is 5.75 Å². The average molecular weight is 314 g/mol. The van der Waals surface area contributed by atoms with E-state index in [2.05, 4.69) is 10.1 Å². The van der Waals surface area contributed by atoms with Crippen molar-refractivity contribution < 1.29 is 19.1 Å². The Balaban J connectivity index is 2.81. The smallest absolute Gasteiger partial charge is 0.328 e. The molecular formula is C15H20ClNO4. The molecule has 0 spiro atoms. The predicted molar refractivity (Wildman–Crippen MR) is 80.5 cm³/mol. The Morgan fingerprint density at radius 2 is 1.95 bits per heavy atom. The van der Waals surface area contributed by atoms with E-state index < -0.39 is 12.0 Å². The number of benzene rings is 1. The van der Waals surface area contributed by atoms with Crippen molar-refractivity contribution in [2.24, 2.45) is 5.92 Å². The van der Waals surface area contributed by atoms with Crippen LogP contribution in [0, 0.1) is 5.92 Å². The van der Waals surface area contributed by atoms with E-state index >= 15 is 0 Å². The molecular weight excluding hydrogens is 294 g/mol. The molecule has 0 heterocycles. The first-order chi connectivity index (χ1) is 9.88. The summed E-state index contributed by atoms with van der Waals surface area (Å²) in [5, 5.41) is 3.19. The number of carbonyl (C=O) groups is 2. The predicted octanol–water partition coefficient (Wildman–Crippen LogP) is 2.20. The van der Waals surface area contributed by atoms with Gasteiger partial charge in [-0.3, -0.25) is 4.79 Å². The molecule has 21 heavy (non-hydrogen) atoms. The Morgan fingerprint density at radius 3 is 2.48 bits per heavy atom. The monoisotopic (exact) mass is 313 g/mol. The molecule has 0 aliphatic rings. The summed E-state index contributed by atoms with van der Waals surface area (Å²) in [6.07, 6.45) is 0.0734. The number of carbonyl (C=O) groups excluding carboxylic acids is 2. The molecule has 0 saturated carbocycles. The largest absolute Gasteiger partial charge is 0.496 e. The molecule has 0 bridgehead atoms. The Kier molecular flexibility index (Phi) is 6.49. The molecule has 1 rings (SSSR count). The van der Waals surface area contributed by atoms with Gasteiger partial charge >= 0.3 is 5.97 Å². The Labute approximate surface area is 129 Å². The summed E-state index contributed by atoms with van der Waals surface area (Å²) < 4.78 is 9.88. The van der Waals surface area contributed by atoms with Crippen molar-refractivity contribution in [1.29, 1.82) is 0 Å². The zero-order chi connectivity index (χ0) is 16.0. The molecule has 1 amide bonds. The fraction of sp³-hybridized carbons (Fsp3) is 0.467. The fourth-order valence-corrected chi connectivity index (χ4v) is 2.10. The molecule has 0 radical (unpaired) electrons. The van der Waals surface area contributed by atoms with E-state index in [4.69, 9.17) is 16.3 Å². The van der Waals surface area contributed by atoms with Gasteiger partial charge in [0, 0.05) is 10.6 Å². The second-order valence-electron chi connectivity index (χ2n) is 4.95. The topological polar surface area (TPSA) is 64.6 Å². The maximum absolute atomic E-state index is 12.1. The molecule has 1 aromatic rings. The summed E-state index contributed by atoms with van der Waals surface area (Å²) in [5.41, 5.74) is 0.662. The van der Waals surface area contributed by atoms with Gasteiger partial charge in [0.2, 0.25) is 5.91 Å². The van der Waals surface area contributed by atoms with Gasteiger partial charge < -0.3 is 14.8 Å². The quantitative estimate of drug-likeness (QED) is 0.818. The standard InChI is InChI=1S/C15H20ClNO4/c1-9(2)14(15(19)21-4)17-13(18)8-10-7-11(16)5-6-12(10)20-3/h5-7,9,14H,8H2,1-4H3,(H,17,18). The molecule has 1 N–H and O–H groups in total. The first-order valence-electron chi connectivity index (χ1n) is 6.58. The highest BCUT2D eigenvalue weighted by atomic mass is 35.5. The average Bonchev–Trinajstić information content (AvgIpc) is 2.44. The molecule has 0 aromatic heterocycles. The lowest BCUT2D eigenvalue weighted by Gasteiger charge is -2.20. The summed E-state index contributed by atoms with van der Waals surface area (Å²) in [7, 11) is 2.82. The first-order valence-corrected chi connectivity index (χ1v) is 6.96. The number of halogens is 1. The zero-order valence-electron chi connectivity index (χ0n) is 12.6.